The molecule has 18 heavy (non-hydrogen) atoms. The first-order valence-electron chi connectivity index (χ1n) is 6.32. The van der Waals surface area contributed by atoms with Gasteiger partial charge in [-0.05, 0) is 50.1 Å². The number of allylic oxidation sites excluding steroid dienone is 1. The van der Waals surface area contributed by atoms with Crippen molar-refractivity contribution in [2.75, 3.05) is 6.54 Å². The maximum Gasteiger partial charge on any atom is 0.123 e. The molecular weight excluding hydrogens is 249 g/mol. The van der Waals surface area contributed by atoms with Crippen LogP contribution in [0.5, 0.6) is 0 Å². The Morgan fingerprint density at radius 1 is 1.44 bits per heavy atom. The fourth-order valence-corrected chi connectivity index (χ4v) is 1.93. The van der Waals surface area contributed by atoms with Gasteiger partial charge in [0.2, 0.25) is 0 Å². The molecule has 0 aliphatic heterocycles. The Hall–Kier alpha value is -0.860. The Kier molecular flexibility index (Phi) is 6.37. The first kappa shape index (κ1) is 15.2. The quantitative estimate of drug-likeness (QED) is 0.598. The molecule has 0 amide bonds. The zero-order valence-electron chi connectivity index (χ0n) is 11.3. The molecule has 0 saturated heterocycles. The van der Waals surface area contributed by atoms with Crippen LogP contribution in [0.25, 0.3) is 0 Å². The highest BCUT2D eigenvalue weighted by atomic mass is 35.5. The molecular formula is C15H21ClFN. The standard InChI is InChI=1S/C15H21ClFN/c1-11(2)18-8-4-5-12(3)9-13-10-14(17)6-7-15(13)16/h5-7,10-11,18H,4,8-9H2,1-3H3/b12-5-. The predicted molar refractivity (Wildman–Crippen MR) is 76.6 cm³/mol. The number of benzene rings is 1. The zero-order valence-corrected chi connectivity index (χ0v) is 12.0. The van der Waals surface area contributed by atoms with E-state index in [1.165, 1.54) is 17.7 Å². The molecule has 0 heterocycles. The van der Waals surface area contributed by atoms with Gasteiger partial charge in [-0.3, -0.25) is 0 Å². The average molecular weight is 270 g/mol. The van der Waals surface area contributed by atoms with Gasteiger partial charge in [-0.1, -0.05) is 37.1 Å². The number of hydrogen-bond donors (Lipinski definition) is 1. The summed E-state index contributed by atoms with van der Waals surface area (Å²) in [7, 11) is 0. The molecule has 0 aliphatic carbocycles. The monoisotopic (exact) mass is 269 g/mol. The smallest absolute Gasteiger partial charge is 0.123 e. The van der Waals surface area contributed by atoms with Crippen molar-refractivity contribution in [1.82, 2.24) is 5.32 Å². The molecule has 0 saturated carbocycles. The van der Waals surface area contributed by atoms with E-state index in [0.717, 1.165) is 18.5 Å². The van der Waals surface area contributed by atoms with Crippen molar-refractivity contribution in [1.29, 1.82) is 0 Å². The minimum atomic E-state index is -0.233. The lowest BCUT2D eigenvalue weighted by molar-refractivity contribution is 0.594. The van der Waals surface area contributed by atoms with Gasteiger partial charge in [0, 0.05) is 11.1 Å². The van der Waals surface area contributed by atoms with Crippen LogP contribution in [0, 0.1) is 5.82 Å². The zero-order chi connectivity index (χ0) is 13.5. The Balaban J connectivity index is 2.50. The fraction of sp³-hybridized carbons (Fsp3) is 0.467. The lowest BCUT2D eigenvalue weighted by Crippen LogP contribution is -2.23. The molecule has 100 valence electrons. The van der Waals surface area contributed by atoms with Crippen molar-refractivity contribution in [3.05, 3.63) is 46.3 Å². The predicted octanol–water partition coefficient (Wildman–Crippen LogP) is 4.36. The van der Waals surface area contributed by atoms with Crippen LogP contribution in [-0.4, -0.2) is 12.6 Å². The molecule has 1 aromatic rings. The van der Waals surface area contributed by atoms with E-state index in [2.05, 4.69) is 32.2 Å². The van der Waals surface area contributed by atoms with Crippen LogP contribution >= 0.6 is 11.6 Å². The molecule has 0 aromatic heterocycles. The lowest BCUT2D eigenvalue weighted by atomic mass is 10.1. The van der Waals surface area contributed by atoms with Gasteiger partial charge in [-0.2, -0.15) is 0 Å². The van der Waals surface area contributed by atoms with E-state index in [0.29, 0.717) is 17.5 Å². The second-order valence-electron chi connectivity index (χ2n) is 4.86. The molecule has 3 heteroatoms. The Morgan fingerprint density at radius 3 is 2.83 bits per heavy atom. The van der Waals surface area contributed by atoms with Gasteiger partial charge in [0.25, 0.3) is 0 Å². The van der Waals surface area contributed by atoms with Crippen LogP contribution in [-0.2, 0) is 6.42 Å². The number of halogens is 2. The second kappa shape index (κ2) is 7.55. The Morgan fingerprint density at radius 2 is 2.17 bits per heavy atom. The van der Waals surface area contributed by atoms with Crippen molar-refractivity contribution in [2.24, 2.45) is 0 Å². The molecule has 0 unspecified atom stereocenters. The molecule has 0 aliphatic rings. The van der Waals surface area contributed by atoms with Crippen molar-refractivity contribution >= 4 is 11.6 Å². The fourth-order valence-electron chi connectivity index (χ4n) is 1.74. The van der Waals surface area contributed by atoms with Crippen molar-refractivity contribution in [3.8, 4) is 0 Å². The van der Waals surface area contributed by atoms with Gasteiger partial charge in [-0.15, -0.1) is 0 Å². The van der Waals surface area contributed by atoms with Crippen LogP contribution in [0.3, 0.4) is 0 Å². The third kappa shape index (κ3) is 5.65. The van der Waals surface area contributed by atoms with E-state index in [1.807, 2.05) is 0 Å². The molecule has 0 bridgehead atoms. The van der Waals surface area contributed by atoms with Crippen LogP contribution < -0.4 is 5.32 Å². The van der Waals surface area contributed by atoms with Crippen LogP contribution in [0.15, 0.2) is 29.8 Å². The third-order valence-electron chi connectivity index (χ3n) is 2.67. The van der Waals surface area contributed by atoms with Gasteiger partial charge in [0.05, 0.1) is 0 Å². The summed E-state index contributed by atoms with van der Waals surface area (Å²) < 4.78 is 13.1. The number of nitrogens with one attached hydrogen (secondary N) is 1. The topological polar surface area (TPSA) is 12.0 Å². The number of rotatable bonds is 6. The molecule has 0 spiro atoms. The normalized spacial score (nSPS) is 12.2. The highest BCUT2D eigenvalue weighted by Gasteiger charge is 2.03. The molecule has 1 nitrogen and oxygen atoms in total. The Labute approximate surface area is 114 Å². The van der Waals surface area contributed by atoms with E-state index in [4.69, 9.17) is 11.6 Å². The van der Waals surface area contributed by atoms with E-state index in [-0.39, 0.29) is 5.82 Å². The number of hydrogen-bond acceptors (Lipinski definition) is 1. The highest BCUT2D eigenvalue weighted by Crippen LogP contribution is 2.20. The summed E-state index contributed by atoms with van der Waals surface area (Å²) in [6.45, 7) is 7.27. The maximum atomic E-state index is 13.1. The SMILES string of the molecule is C/C(=C/CCNC(C)C)Cc1cc(F)ccc1Cl. The minimum Gasteiger partial charge on any atom is -0.314 e. The van der Waals surface area contributed by atoms with Gasteiger partial charge in [0.1, 0.15) is 5.82 Å². The van der Waals surface area contributed by atoms with Gasteiger partial charge in [-0.25, -0.2) is 4.39 Å². The first-order valence-corrected chi connectivity index (χ1v) is 6.69. The third-order valence-corrected chi connectivity index (χ3v) is 3.04. The summed E-state index contributed by atoms with van der Waals surface area (Å²) in [6, 6.07) is 5.01. The van der Waals surface area contributed by atoms with Crippen LogP contribution in [0.2, 0.25) is 5.02 Å². The van der Waals surface area contributed by atoms with E-state index < -0.39 is 0 Å². The summed E-state index contributed by atoms with van der Waals surface area (Å²) in [6.07, 6.45) is 3.87. The van der Waals surface area contributed by atoms with E-state index in [1.54, 1.807) is 6.07 Å². The lowest BCUT2D eigenvalue weighted by Gasteiger charge is -2.07. The van der Waals surface area contributed by atoms with Gasteiger partial charge in [0.15, 0.2) is 0 Å². The first-order chi connectivity index (χ1) is 8.49. The van der Waals surface area contributed by atoms with Crippen molar-refractivity contribution < 1.29 is 4.39 Å². The van der Waals surface area contributed by atoms with Gasteiger partial charge < -0.3 is 5.32 Å². The van der Waals surface area contributed by atoms with E-state index in [9.17, 15) is 4.39 Å². The molecule has 0 atom stereocenters. The summed E-state index contributed by atoms with van der Waals surface area (Å²) in [5.41, 5.74) is 2.07. The minimum absolute atomic E-state index is 0.233. The summed E-state index contributed by atoms with van der Waals surface area (Å²) in [5, 5.41) is 3.98. The average Bonchev–Trinajstić information content (AvgIpc) is 2.29. The van der Waals surface area contributed by atoms with Crippen molar-refractivity contribution in [2.45, 2.75) is 39.7 Å². The van der Waals surface area contributed by atoms with Gasteiger partial charge >= 0.3 is 0 Å². The van der Waals surface area contributed by atoms with Crippen molar-refractivity contribution in [3.63, 3.8) is 0 Å². The molecule has 1 N–H and O–H groups in total. The molecule has 1 aromatic carbocycles. The summed E-state index contributed by atoms with van der Waals surface area (Å²) >= 11 is 6.04. The molecule has 0 radical (unpaired) electrons. The highest BCUT2D eigenvalue weighted by molar-refractivity contribution is 6.31. The van der Waals surface area contributed by atoms with Crippen LogP contribution in [0.4, 0.5) is 4.39 Å². The summed E-state index contributed by atoms with van der Waals surface area (Å²) in [4.78, 5) is 0. The second-order valence-corrected chi connectivity index (χ2v) is 5.27. The van der Waals surface area contributed by atoms with Crippen LogP contribution in [0.1, 0.15) is 32.8 Å². The maximum absolute atomic E-state index is 13.1. The summed E-state index contributed by atoms with van der Waals surface area (Å²) in [5.74, 6) is -0.233. The van der Waals surface area contributed by atoms with E-state index >= 15 is 0 Å². The largest absolute Gasteiger partial charge is 0.314 e. The molecule has 1 rings (SSSR count). The molecule has 0 fully saturated rings. The Bertz CT molecular complexity index is 413.